The molecule has 0 rings (SSSR count). The highest BCUT2D eigenvalue weighted by Gasteiger charge is 2.44. The van der Waals surface area contributed by atoms with E-state index < -0.39 is 0 Å². The van der Waals surface area contributed by atoms with Gasteiger partial charge >= 0.3 is 5.97 Å². The first-order chi connectivity index (χ1) is 7.18. The predicted octanol–water partition coefficient (Wildman–Crippen LogP) is 2.88. The predicted molar refractivity (Wildman–Crippen MR) is 65.2 cm³/mol. The Morgan fingerprint density at radius 1 is 1.19 bits per heavy atom. The molecule has 1 atom stereocenters. The first-order valence-electron chi connectivity index (χ1n) is 5.84. The molecule has 3 heteroatoms. The second-order valence-corrected chi connectivity index (χ2v) is 5.73. The Kier molecular flexibility index (Phi) is 5.47. The third-order valence-electron chi connectivity index (χ3n) is 3.71. The Morgan fingerprint density at radius 2 is 1.69 bits per heavy atom. The smallest absolute Gasteiger partial charge is 0.311 e. The zero-order valence-electron chi connectivity index (χ0n) is 11.7. The SMILES string of the molecule is CCOC(=O)C(COC)C(C)(C)C(C)(C)C. The van der Waals surface area contributed by atoms with Crippen LogP contribution in [0, 0.1) is 16.7 Å². The summed E-state index contributed by atoms with van der Waals surface area (Å²) in [7, 11) is 1.62. The van der Waals surface area contributed by atoms with Gasteiger partial charge in [-0.2, -0.15) is 0 Å². The maximum atomic E-state index is 11.9. The molecule has 0 aliphatic heterocycles. The summed E-state index contributed by atoms with van der Waals surface area (Å²) in [6.45, 7) is 13.2. The first kappa shape index (κ1) is 15.4. The van der Waals surface area contributed by atoms with Crippen molar-refractivity contribution in [2.24, 2.45) is 16.7 Å². The van der Waals surface area contributed by atoms with E-state index in [2.05, 4.69) is 34.6 Å². The number of rotatable bonds is 5. The summed E-state index contributed by atoms with van der Waals surface area (Å²) in [5.74, 6) is -0.387. The molecule has 0 spiro atoms. The van der Waals surface area contributed by atoms with Crippen LogP contribution in [0.25, 0.3) is 0 Å². The van der Waals surface area contributed by atoms with Crippen LogP contribution in [0.1, 0.15) is 41.5 Å². The van der Waals surface area contributed by atoms with Crippen LogP contribution < -0.4 is 0 Å². The van der Waals surface area contributed by atoms with Gasteiger partial charge in [0.1, 0.15) is 0 Å². The van der Waals surface area contributed by atoms with Gasteiger partial charge in [-0.1, -0.05) is 34.6 Å². The molecule has 0 heterocycles. The molecule has 0 amide bonds. The van der Waals surface area contributed by atoms with Crippen LogP contribution in [-0.2, 0) is 14.3 Å². The van der Waals surface area contributed by atoms with Crippen molar-refractivity contribution in [2.75, 3.05) is 20.3 Å². The topological polar surface area (TPSA) is 35.5 Å². The summed E-state index contributed by atoms with van der Waals surface area (Å²) >= 11 is 0. The van der Waals surface area contributed by atoms with E-state index in [1.807, 2.05) is 6.92 Å². The molecule has 0 saturated carbocycles. The van der Waals surface area contributed by atoms with Gasteiger partial charge < -0.3 is 9.47 Å². The van der Waals surface area contributed by atoms with Crippen molar-refractivity contribution >= 4 is 5.97 Å². The van der Waals surface area contributed by atoms with Crippen molar-refractivity contribution in [1.29, 1.82) is 0 Å². The third-order valence-corrected chi connectivity index (χ3v) is 3.71. The van der Waals surface area contributed by atoms with Gasteiger partial charge in [-0.25, -0.2) is 0 Å². The molecular weight excluding hydrogens is 204 g/mol. The maximum Gasteiger partial charge on any atom is 0.311 e. The Hall–Kier alpha value is -0.570. The summed E-state index contributed by atoms with van der Waals surface area (Å²) in [6, 6.07) is 0. The number of carbonyl (C=O) groups excluding carboxylic acids is 1. The summed E-state index contributed by atoms with van der Waals surface area (Å²) in [5, 5.41) is 0. The van der Waals surface area contributed by atoms with Gasteiger partial charge in [0.2, 0.25) is 0 Å². The largest absolute Gasteiger partial charge is 0.466 e. The quantitative estimate of drug-likeness (QED) is 0.681. The maximum absolute atomic E-state index is 11.9. The molecular formula is C13H26O3. The lowest BCUT2D eigenvalue weighted by molar-refractivity contribution is -0.159. The fourth-order valence-corrected chi connectivity index (χ4v) is 1.50. The van der Waals surface area contributed by atoms with Crippen LogP contribution in [0.4, 0.5) is 0 Å². The van der Waals surface area contributed by atoms with E-state index in [9.17, 15) is 4.79 Å². The lowest BCUT2D eigenvalue weighted by Crippen LogP contribution is -2.44. The Balaban J connectivity index is 4.97. The van der Waals surface area contributed by atoms with Crippen LogP contribution in [0.3, 0.4) is 0 Å². The van der Waals surface area contributed by atoms with E-state index in [0.717, 1.165) is 0 Å². The van der Waals surface area contributed by atoms with E-state index in [1.165, 1.54) is 0 Å². The minimum absolute atomic E-state index is 0.0168. The Labute approximate surface area is 99.5 Å². The van der Waals surface area contributed by atoms with E-state index >= 15 is 0 Å². The summed E-state index contributed by atoms with van der Waals surface area (Å²) in [6.07, 6.45) is 0. The number of hydrogen-bond donors (Lipinski definition) is 0. The summed E-state index contributed by atoms with van der Waals surface area (Å²) < 4.78 is 10.3. The third kappa shape index (κ3) is 3.48. The summed E-state index contributed by atoms with van der Waals surface area (Å²) in [4.78, 5) is 11.9. The van der Waals surface area contributed by atoms with Gasteiger partial charge in [0, 0.05) is 7.11 Å². The molecule has 0 fully saturated rings. The summed E-state index contributed by atoms with van der Waals surface area (Å²) in [5.41, 5.74) is -0.155. The fraction of sp³-hybridized carbons (Fsp3) is 0.923. The molecule has 0 saturated heterocycles. The molecule has 0 bridgehead atoms. The average molecular weight is 230 g/mol. The molecule has 0 radical (unpaired) electrons. The molecule has 1 unspecified atom stereocenters. The van der Waals surface area contributed by atoms with E-state index in [4.69, 9.17) is 9.47 Å². The number of methoxy groups -OCH3 is 1. The van der Waals surface area contributed by atoms with Gasteiger partial charge in [0.05, 0.1) is 19.1 Å². The normalized spacial score (nSPS) is 14.7. The monoisotopic (exact) mass is 230 g/mol. The van der Waals surface area contributed by atoms with Crippen LogP contribution in [0.5, 0.6) is 0 Å². The molecule has 0 aliphatic carbocycles. The highest BCUT2D eigenvalue weighted by atomic mass is 16.5. The zero-order chi connectivity index (χ0) is 13.0. The molecule has 0 aromatic heterocycles. The first-order valence-corrected chi connectivity index (χ1v) is 5.84. The van der Waals surface area contributed by atoms with Crippen molar-refractivity contribution in [3.63, 3.8) is 0 Å². The molecule has 0 aromatic rings. The number of esters is 1. The van der Waals surface area contributed by atoms with Crippen molar-refractivity contribution < 1.29 is 14.3 Å². The van der Waals surface area contributed by atoms with E-state index in [1.54, 1.807) is 7.11 Å². The van der Waals surface area contributed by atoms with Crippen LogP contribution in [-0.4, -0.2) is 26.3 Å². The van der Waals surface area contributed by atoms with Gasteiger partial charge in [0.15, 0.2) is 0 Å². The Bertz CT molecular complexity index is 226. The molecule has 0 N–H and O–H groups in total. The van der Waals surface area contributed by atoms with Gasteiger partial charge in [-0.3, -0.25) is 4.79 Å². The van der Waals surface area contributed by atoms with Crippen molar-refractivity contribution in [3.8, 4) is 0 Å². The second kappa shape index (κ2) is 5.67. The van der Waals surface area contributed by atoms with Gasteiger partial charge in [-0.15, -0.1) is 0 Å². The lowest BCUT2D eigenvalue weighted by Gasteiger charge is -2.43. The molecule has 16 heavy (non-hydrogen) atoms. The highest BCUT2D eigenvalue weighted by Crippen LogP contribution is 2.44. The van der Waals surface area contributed by atoms with Gasteiger partial charge in [0.25, 0.3) is 0 Å². The minimum atomic E-state index is -0.225. The number of carbonyl (C=O) groups is 1. The molecule has 0 aromatic carbocycles. The number of ether oxygens (including phenoxy) is 2. The van der Waals surface area contributed by atoms with Crippen molar-refractivity contribution in [1.82, 2.24) is 0 Å². The standard InChI is InChI=1S/C13H26O3/c1-8-16-11(14)10(9-15-7)13(5,6)12(2,3)4/h10H,8-9H2,1-7H3. The van der Waals surface area contributed by atoms with Gasteiger partial charge in [-0.05, 0) is 17.8 Å². The second-order valence-electron chi connectivity index (χ2n) is 5.73. The number of hydrogen-bond acceptors (Lipinski definition) is 3. The Morgan fingerprint density at radius 3 is 2.00 bits per heavy atom. The minimum Gasteiger partial charge on any atom is -0.466 e. The zero-order valence-corrected chi connectivity index (χ0v) is 11.7. The highest BCUT2D eigenvalue weighted by molar-refractivity contribution is 5.73. The van der Waals surface area contributed by atoms with E-state index in [-0.39, 0.29) is 22.7 Å². The lowest BCUT2D eigenvalue weighted by atomic mass is 9.62. The van der Waals surface area contributed by atoms with E-state index in [0.29, 0.717) is 13.2 Å². The van der Waals surface area contributed by atoms with Crippen LogP contribution in [0.2, 0.25) is 0 Å². The molecule has 3 nitrogen and oxygen atoms in total. The van der Waals surface area contributed by atoms with Crippen molar-refractivity contribution in [2.45, 2.75) is 41.5 Å². The van der Waals surface area contributed by atoms with Crippen LogP contribution >= 0.6 is 0 Å². The average Bonchev–Trinajstić information content (AvgIpc) is 2.12. The fourth-order valence-electron chi connectivity index (χ4n) is 1.50. The molecule has 96 valence electrons. The molecule has 0 aliphatic rings. The van der Waals surface area contributed by atoms with Crippen LogP contribution in [0.15, 0.2) is 0 Å². The van der Waals surface area contributed by atoms with Crippen molar-refractivity contribution in [3.05, 3.63) is 0 Å².